The second-order valence-electron chi connectivity index (χ2n) is 4.81. The van der Waals surface area contributed by atoms with Gasteiger partial charge in [0.15, 0.2) is 0 Å². The first-order valence-corrected chi connectivity index (χ1v) is 6.56. The van der Waals surface area contributed by atoms with Gasteiger partial charge in [-0.05, 0) is 30.5 Å². The summed E-state index contributed by atoms with van der Waals surface area (Å²) in [5, 5.41) is 11.0. The van der Waals surface area contributed by atoms with E-state index in [2.05, 4.69) is 9.55 Å². The smallest absolute Gasteiger partial charge is 0.0996 e. The van der Waals surface area contributed by atoms with Gasteiger partial charge in [0, 0.05) is 17.5 Å². The number of imidazole rings is 1. The molecule has 0 spiro atoms. The van der Waals surface area contributed by atoms with Gasteiger partial charge in [-0.15, -0.1) is 0 Å². The van der Waals surface area contributed by atoms with Crippen molar-refractivity contribution in [3.63, 3.8) is 0 Å². The second-order valence-corrected chi connectivity index (χ2v) is 5.24. The fourth-order valence-electron chi connectivity index (χ4n) is 2.22. The molecule has 1 fully saturated rings. The Labute approximate surface area is 111 Å². The zero-order valence-electron chi connectivity index (χ0n) is 9.96. The van der Waals surface area contributed by atoms with E-state index in [1.165, 1.54) is 12.8 Å². The molecule has 1 aromatic carbocycles. The first kappa shape index (κ1) is 11.8. The first-order valence-electron chi connectivity index (χ1n) is 6.18. The maximum atomic E-state index is 10.3. The van der Waals surface area contributed by atoms with Crippen LogP contribution in [0.25, 0.3) is 0 Å². The summed E-state index contributed by atoms with van der Waals surface area (Å²) in [6, 6.07) is 8.15. The zero-order valence-corrected chi connectivity index (χ0v) is 10.7. The molecule has 94 valence electrons. The van der Waals surface area contributed by atoms with Crippen molar-refractivity contribution in [2.24, 2.45) is 0 Å². The van der Waals surface area contributed by atoms with E-state index in [-0.39, 0.29) is 0 Å². The van der Waals surface area contributed by atoms with Crippen LogP contribution >= 0.6 is 11.6 Å². The Morgan fingerprint density at radius 2 is 2.28 bits per heavy atom. The summed E-state index contributed by atoms with van der Waals surface area (Å²) in [6.45, 7) is 0. The summed E-state index contributed by atoms with van der Waals surface area (Å²) in [6.07, 6.45) is 5.99. The maximum Gasteiger partial charge on any atom is 0.0996 e. The van der Waals surface area contributed by atoms with Crippen LogP contribution in [0.5, 0.6) is 0 Å². The lowest BCUT2D eigenvalue weighted by Gasteiger charge is -2.13. The molecule has 1 N–H and O–H groups in total. The minimum Gasteiger partial charge on any atom is -0.386 e. The molecule has 2 aromatic rings. The largest absolute Gasteiger partial charge is 0.386 e. The van der Waals surface area contributed by atoms with Crippen LogP contribution < -0.4 is 0 Å². The van der Waals surface area contributed by atoms with E-state index >= 15 is 0 Å². The first-order chi connectivity index (χ1) is 8.74. The highest BCUT2D eigenvalue weighted by atomic mass is 35.5. The third-order valence-corrected chi connectivity index (χ3v) is 3.53. The van der Waals surface area contributed by atoms with Crippen molar-refractivity contribution in [3.05, 3.63) is 53.1 Å². The average Bonchev–Trinajstić information content (AvgIpc) is 3.06. The van der Waals surface area contributed by atoms with Crippen LogP contribution in [0.1, 0.15) is 36.2 Å². The van der Waals surface area contributed by atoms with Crippen LogP contribution in [0.15, 0.2) is 36.8 Å². The summed E-state index contributed by atoms with van der Waals surface area (Å²) in [5.41, 5.74) is 1.94. The molecule has 1 atom stereocenters. The quantitative estimate of drug-likeness (QED) is 0.919. The molecule has 0 amide bonds. The minimum atomic E-state index is -0.522. The molecule has 4 heteroatoms. The number of aromatic nitrogens is 2. The molecule has 3 rings (SSSR count). The number of halogens is 1. The van der Waals surface area contributed by atoms with Gasteiger partial charge in [0.2, 0.25) is 0 Å². The second kappa shape index (κ2) is 4.75. The molecule has 3 nitrogen and oxygen atoms in total. The molecular weight excluding hydrogens is 248 g/mol. The van der Waals surface area contributed by atoms with Crippen molar-refractivity contribution in [2.45, 2.75) is 31.4 Å². The topological polar surface area (TPSA) is 38.1 Å². The van der Waals surface area contributed by atoms with E-state index in [0.717, 1.165) is 11.3 Å². The highest BCUT2D eigenvalue weighted by molar-refractivity contribution is 6.30. The number of nitrogens with zero attached hydrogens (tertiary/aromatic N) is 2. The van der Waals surface area contributed by atoms with Crippen molar-refractivity contribution in [1.29, 1.82) is 0 Å². The average molecular weight is 263 g/mol. The third-order valence-electron chi connectivity index (χ3n) is 3.30. The van der Waals surface area contributed by atoms with Gasteiger partial charge < -0.3 is 9.67 Å². The highest BCUT2D eigenvalue weighted by Crippen LogP contribution is 2.37. The van der Waals surface area contributed by atoms with Gasteiger partial charge >= 0.3 is 0 Å². The summed E-state index contributed by atoms with van der Waals surface area (Å²) in [7, 11) is 0. The van der Waals surface area contributed by atoms with Crippen LogP contribution in [0.4, 0.5) is 0 Å². The van der Waals surface area contributed by atoms with E-state index in [4.69, 9.17) is 11.6 Å². The molecule has 1 heterocycles. The predicted octanol–water partition coefficient (Wildman–Crippen LogP) is 3.15. The molecule has 0 radical (unpaired) electrons. The molecule has 1 saturated carbocycles. The number of aliphatic hydroxyl groups excluding tert-OH is 1. The Bertz CT molecular complexity index is 548. The molecular formula is C14H15ClN2O. The van der Waals surface area contributed by atoms with Gasteiger partial charge in [-0.25, -0.2) is 4.98 Å². The van der Waals surface area contributed by atoms with Gasteiger partial charge in [-0.3, -0.25) is 0 Å². The van der Waals surface area contributed by atoms with Gasteiger partial charge in [-0.2, -0.15) is 0 Å². The molecule has 1 unspecified atom stereocenters. The molecule has 1 aromatic heterocycles. The maximum absolute atomic E-state index is 10.3. The highest BCUT2D eigenvalue weighted by Gasteiger charge is 2.27. The lowest BCUT2D eigenvalue weighted by atomic mass is 10.1. The van der Waals surface area contributed by atoms with Crippen LogP contribution in [0.3, 0.4) is 0 Å². The van der Waals surface area contributed by atoms with Crippen molar-refractivity contribution < 1.29 is 5.11 Å². The Morgan fingerprint density at radius 3 is 3.00 bits per heavy atom. The van der Waals surface area contributed by atoms with Gasteiger partial charge in [0.05, 0.1) is 24.3 Å². The van der Waals surface area contributed by atoms with E-state index in [1.807, 2.05) is 30.6 Å². The Balaban J connectivity index is 1.78. The number of hydrogen-bond donors (Lipinski definition) is 1. The summed E-state index contributed by atoms with van der Waals surface area (Å²) < 4.78 is 2.09. The number of hydrogen-bond acceptors (Lipinski definition) is 2. The number of rotatable bonds is 4. The Hall–Kier alpha value is -1.32. The molecule has 0 saturated heterocycles. The normalized spacial score (nSPS) is 16.8. The summed E-state index contributed by atoms with van der Waals surface area (Å²) >= 11 is 5.95. The van der Waals surface area contributed by atoms with E-state index in [1.54, 1.807) is 6.20 Å². The van der Waals surface area contributed by atoms with E-state index in [0.29, 0.717) is 17.5 Å². The molecule has 18 heavy (non-hydrogen) atoms. The number of benzene rings is 1. The van der Waals surface area contributed by atoms with Crippen molar-refractivity contribution in [3.8, 4) is 0 Å². The van der Waals surface area contributed by atoms with Crippen LogP contribution in [0, 0.1) is 0 Å². The minimum absolute atomic E-state index is 0.522. The lowest BCUT2D eigenvalue weighted by Crippen LogP contribution is -2.08. The predicted molar refractivity (Wildman–Crippen MR) is 70.6 cm³/mol. The van der Waals surface area contributed by atoms with Crippen molar-refractivity contribution in [1.82, 2.24) is 9.55 Å². The molecule has 1 aliphatic rings. The molecule has 0 bridgehead atoms. The van der Waals surface area contributed by atoms with E-state index in [9.17, 15) is 5.11 Å². The Morgan fingerprint density at radius 1 is 1.44 bits per heavy atom. The monoisotopic (exact) mass is 262 g/mol. The van der Waals surface area contributed by atoms with Crippen molar-refractivity contribution in [2.75, 3.05) is 0 Å². The standard InChI is InChI=1S/C14H15ClN2O/c15-11-3-1-2-10(6-11)7-14(18)13-8-16-9-17(13)12-4-5-12/h1-3,6,8-9,12,14,18H,4-5,7H2. The van der Waals surface area contributed by atoms with Crippen LogP contribution in [-0.4, -0.2) is 14.7 Å². The fourth-order valence-corrected chi connectivity index (χ4v) is 2.44. The summed E-state index contributed by atoms with van der Waals surface area (Å²) in [4.78, 5) is 4.14. The summed E-state index contributed by atoms with van der Waals surface area (Å²) in [5.74, 6) is 0. The van der Waals surface area contributed by atoms with Gasteiger partial charge in [0.25, 0.3) is 0 Å². The SMILES string of the molecule is OC(Cc1cccc(Cl)c1)c1cncn1C1CC1. The van der Waals surface area contributed by atoms with Gasteiger partial charge in [0.1, 0.15) is 0 Å². The van der Waals surface area contributed by atoms with Gasteiger partial charge in [-0.1, -0.05) is 23.7 Å². The number of aliphatic hydroxyl groups is 1. The van der Waals surface area contributed by atoms with Crippen molar-refractivity contribution >= 4 is 11.6 Å². The van der Waals surface area contributed by atoms with Crippen LogP contribution in [0.2, 0.25) is 5.02 Å². The van der Waals surface area contributed by atoms with E-state index < -0.39 is 6.10 Å². The van der Waals surface area contributed by atoms with Crippen LogP contribution in [-0.2, 0) is 6.42 Å². The molecule has 0 aliphatic heterocycles. The molecule has 1 aliphatic carbocycles. The lowest BCUT2D eigenvalue weighted by molar-refractivity contribution is 0.168. The third kappa shape index (κ3) is 2.42. The Kier molecular flexibility index (Phi) is 3.10. The fraction of sp³-hybridized carbons (Fsp3) is 0.357. The zero-order chi connectivity index (χ0) is 12.5.